The second kappa shape index (κ2) is 5.61. The van der Waals surface area contributed by atoms with Crippen molar-refractivity contribution in [1.82, 2.24) is 0 Å². The molecule has 84 valence electrons. The normalized spacial score (nSPS) is 10.4. The van der Waals surface area contributed by atoms with E-state index in [-0.39, 0.29) is 0 Å². The molecule has 2 rings (SSSR count). The van der Waals surface area contributed by atoms with Crippen LogP contribution >= 0.6 is 0 Å². The van der Waals surface area contributed by atoms with Crippen LogP contribution in [0.2, 0.25) is 0 Å². The Balaban J connectivity index is 1.98. The van der Waals surface area contributed by atoms with Crippen LogP contribution in [0, 0.1) is 0 Å². The molecule has 0 atom stereocenters. The van der Waals surface area contributed by atoms with E-state index in [1.807, 2.05) is 42.5 Å². The van der Waals surface area contributed by atoms with E-state index >= 15 is 0 Å². The minimum absolute atomic E-state index is 0.665. The zero-order valence-electron chi connectivity index (χ0n) is 9.21. The molecule has 0 unspecified atom stereocenters. The van der Waals surface area contributed by atoms with Gasteiger partial charge in [0.1, 0.15) is 6.29 Å². The molecule has 1 N–H and O–H groups in total. The maximum Gasteiger partial charge on any atom is 0.150 e. The summed E-state index contributed by atoms with van der Waals surface area (Å²) < 4.78 is 0. The molecule has 0 amide bonds. The van der Waals surface area contributed by atoms with Gasteiger partial charge in [-0.3, -0.25) is 10.2 Å². The van der Waals surface area contributed by atoms with Gasteiger partial charge in [0.15, 0.2) is 0 Å². The van der Waals surface area contributed by atoms with E-state index in [4.69, 9.17) is 0 Å². The summed E-state index contributed by atoms with van der Waals surface area (Å²) >= 11 is 0. The van der Waals surface area contributed by atoms with Crippen LogP contribution in [-0.2, 0) is 0 Å². The van der Waals surface area contributed by atoms with E-state index in [0.29, 0.717) is 5.56 Å². The van der Waals surface area contributed by atoms with Gasteiger partial charge in [0, 0.05) is 5.56 Å². The summed E-state index contributed by atoms with van der Waals surface area (Å²) in [5.74, 6) is 0. The van der Waals surface area contributed by atoms with Crippen LogP contribution in [0.25, 0.3) is 0 Å². The molecule has 3 nitrogen and oxygen atoms in total. The quantitative estimate of drug-likeness (QED) is 0.493. The summed E-state index contributed by atoms with van der Waals surface area (Å²) in [5, 5.41) is 4.10. The number of carbonyl (C=O) groups excluding carboxylic acids is 1. The average Bonchev–Trinajstić information content (AvgIpc) is 2.41. The van der Waals surface area contributed by atoms with Gasteiger partial charge in [0.2, 0.25) is 0 Å². The van der Waals surface area contributed by atoms with E-state index in [0.717, 1.165) is 17.5 Å². The molecule has 0 bridgehead atoms. The fourth-order valence-corrected chi connectivity index (χ4v) is 1.35. The molecular formula is C14H12N2O. The van der Waals surface area contributed by atoms with Gasteiger partial charge in [-0.05, 0) is 17.7 Å². The van der Waals surface area contributed by atoms with E-state index in [9.17, 15) is 4.79 Å². The van der Waals surface area contributed by atoms with E-state index in [2.05, 4.69) is 10.5 Å². The summed E-state index contributed by atoms with van der Waals surface area (Å²) in [6, 6.07) is 16.9. The van der Waals surface area contributed by atoms with Gasteiger partial charge in [-0.15, -0.1) is 0 Å². The molecule has 0 saturated heterocycles. The van der Waals surface area contributed by atoms with Gasteiger partial charge >= 0.3 is 0 Å². The number of hydrogen-bond acceptors (Lipinski definition) is 3. The van der Waals surface area contributed by atoms with E-state index < -0.39 is 0 Å². The number of carbonyl (C=O) groups is 1. The third kappa shape index (κ3) is 3.28. The number of hydrogen-bond donors (Lipinski definition) is 1. The molecule has 0 aliphatic rings. The molecule has 0 radical (unpaired) electrons. The highest BCUT2D eigenvalue weighted by Crippen LogP contribution is 2.05. The molecular weight excluding hydrogens is 212 g/mol. The first kappa shape index (κ1) is 11.1. The Labute approximate surface area is 99.8 Å². The molecule has 2 aromatic rings. The van der Waals surface area contributed by atoms with Crippen molar-refractivity contribution in [3.63, 3.8) is 0 Å². The summed E-state index contributed by atoms with van der Waals surface area (Å²) in [5.41, 5.74) is 5.47. The SMILES string of the molecule is O=Cc1ccc(/C=N/Nc2ccccc2)cc1. The van der Waals surface area contributed by atoms with Crippen LogP contribution in [-0.4, -0.2) is 12.5 Å². The van der Waals surface area contributed by atoms with Gasteiger partial charge in [-0.1, -0.05) is 42.5 Å². The summed E-state index contributed by atoms with van der Waals surface area (Å²) in [7, 11) is 0. The van der Waals surface area contributed by atoms with Gasteiger partial charge in [-0.2, -0.15) is 5.10 Å². The van der Waals surface area contributed by atoms with Crippen LogP contribution in [0.5, 0.6) is 0 Å². The number of hydrazone groups is 1. The fraction of sp³-hybridized carbons (Fsp3) is 0. The molecule has 3 heteroatoms. The van der Waals surface area contributed by atoms with E-state index in [1.54, 1.807) is 18.3 Å². The monoisotopic (exact) mass is 224 g/mol. The minimum atomic E-state index is 0.665. The number of para-hydroxylation sites is 1. The first-order valence-electron chi connectivity index (χ1n) is 5.28. The fourth-order valence-electron chi connectivity index (χ4n) is 1.35. The minimum Gasteiger partial charge on any atom is -0.298 e. The van der Waals surface area contributed by atoms with Crippen molar-refractivity contribution in [3.05, 3.63) is 65.7 Å². The Morgan fingerprint density at radius 3 is 2.18 bits per heavy atom. The number of anilines is 1. The highest BCUT2D eigenvalue weighted by atomic mass is 16.1. The number of nitrogens with one attached hydrogen (secondary N) is 1. The lowest BCUT2D eigenvalue weighted by Crippen LogP contribution is -1.90. The summed E-state index contributed by atoms with van der Waals surface area (Å²) in [4.78, 5) is 10.5. The van der Waals surface area contributed by atoms with Crippen molar-refractivity contribution >= 4 is 18.2 Å². The molecule has 0 heterocycles. The van der Waals surface area contributed by atoms with Crippen LogP contribution in [0.1, 0.15) is 15.9 Å². The third-order valence-electron chi connectivity index (χ3n) is 2.25. The first-order chi connectivity index (χ1) is 8.38. The van der Waals surface area contributed by atoms with Crippen molar-refractivity contribution in [2.24, 2.45) is 5.10 Å². The number of nitrogens with zero attached hydrogens (tertiary/aromatic N) is 1. The summed E-state index contributed by atoms with van der Waals surface area (Å²) in [6.07, 6.45) is 2.53. The second-order valence-electron chi connectivity index (χ2n) is 3.52. The third-order valence-corrected chi connectivity index (χ3v) is 2.25. The lowest BCUT2D eigenvalue weighted by atomic mass is 10.2. The van der Waals surface area contributed by atoms with Crippen molar-refractivity contribution in [2.75, 3.05) is 5.43 Å². The average molecular weight is 224 g/mol. The largest absolute Gasteiger partial charge is 0.298 e. The maximum absolute atomic E-state index is 10.5. The van der Waals surface area contributed by atoms with Gasteiger partial charge < -0.3 is 0 Å². The Hall–Kier alpha value is -2.42. The lowest BCUT2D eigenvalue weighted by Gasteiger charge is -1.98. The predicted molar refractivity (Wildman–Crippen MR) is 69.5 cm³/mol. The standard InChI is InChI=1S/C14H12N2O/c17-11-13-8-6-12(7-9-13)10-15-16-14-4-2-1-3-5-14/h1-11,16H/b15-10+. The Morgan fingerprint density at radius 2 is 1.53 bits per heavy atom. The second-order valence-corrected chi connectivity index (χ2v) is 3.52. The molecule has 0 fully saturated rings. The van der Waals surface area contributed by atoms with E-state index in [1.165, 1.54) is 0 Å². The van der Waals surface area contributed by atoms with Crippen LogP contribution in [0.15, 0.2) is 59.7 Å². The van der Waals surface area contributed by atoms with Gasteiger partial charge in [0.05, 0.1) is 11.9 Å². The molecule has 0 spiro atoms. The molecule has 17 heavy (non-hydrogen) atoms. The zero-order chi connectivity index (χ0) is 11.9. The van der Waals surface area contributed by atoms with Crippen molar-refractivity contribution in [3.8, 4) is 0 Å². The maximum atomic E-state index is 10.5. The van der Waals surface area contributed by atoms with Crippen molar-refractivity contribution < 1.29 is 4.79 Å². The van der Waals surface area contributed by atoms with Gasteiger partial charge in [-0.25, -0.2) is 0 Å². The molecule has 0 aliphatic heterocycles. The highest BCUT2D eigenvalue weighted by molar-refractivity contribution is 5.82. The van der Waals surface area contributed by atoms with Gasteiger partial charge in [0.25, 0.3) is 0 Å². The molecule has 0 aromatic heterocycles. The number of benzene rings is 2. The first-order valence-corrected chi connectivity index (χ1v) is 5.28. The molecule has 2 aromatic carbocycles. The highest BCUT2D eigenvalue weighted by Gasteiger charge is 1.90. The predicted octanol–water partition coefficient (Wildman–Crippen LogP) is 2.95. The molecule has 0 aliphatic carbocycles. The lowest BCUT2D eigenvalue weighted by molar-refractivity contribution is 0.112. The van der Waals surface area contributed by atoms with Crippen LogP contribution in [0.3, 0.4) is 0 Å². The van der Waals surface area contributed by atoms with Crippen LogP contribution in [0.4, 0.5) is 5.69 Å². The Bertz CT molecular complexity index is 504. The topological polar surface area (TPSA) is 41.5 Å². The Morgan fingerprint density at radius 1 is 0.882 bits per heavy atom. The van der Waals surface area contributed by atoms with Crippen molar-refractivity contribution in [2.45, 2.75) is 0 Å². The smallest absolute Gasteiger partial charge is 0.150 e. The van der Waals surface area contributed by atoms with Crippen molar-refractivity contribution in [1.29, 1.82) is 0 Å². The Kier molecular flexibility index (Phi) is 3.65. The molecule has 0 saturated carbocycles. The zero-order valence-corrected chi connectivity index (χ0v) is 9.21. The number of rotatable bonds is 4. The number of aldehydes is 1. The summed E-state index contributed by atoms with van der Waals surface area (Å²) in [6.45, 7) is 0. The van der Waals surface area contributed by atoms with Crippen LogP contribution < -0.4 is 5.43 Å².